The number of anilines is 3. The Kier molecular flexibility index (Phi) is 5.92. The summed E-state index contributed by atoms with van der Waals surface area (Å²) in [5.74, 6) is 0.233. The molecular formula is C20H19F3N6O. The van der Waals surface area contributed by atoms with Crippen LogP contribution in [-0.2, 0) is 0 Å². The lowest BCUT2D eigenvalue weighted by molar-refractivity contribution is -0.0498. The van der Waals surface area contributed by atoms with E-state index in [1.807, 2.05) is 4.90 Å². The van der Waals surface area contributed by atoms with Crippen LogP contribution < -0.4 is 15.0 Å². The first kappa shape index (κ1) is 19.9. The lowest BCUT2D eigenvalue weighted by atomic mass is 10.1. The maximum atomic E-state index is 14.3. The summed E-state index contributed by atoms with van der Waals surface area (Å²) < 4.78 is 43.2. The zero-order chi connectivity index (χ0) is 20.9. The van der Waals surface area contributed by atoms with Gasteiger partial charge >= 0.3 is 6.61 Å². The van der Waals surface area contributed by atoms with Gasteiger partial charge in [0.05, 0.1) is 12.4 Å². The zero-order valence-electron chi connectivity index (χ0n) is 15.9. The molecule has 0 radical (unpaired) electrons. The Labute approximate surface area is 170 Å². The van der Waals surface area contributed by atoms with E-state index in [1.54, 1.807) is 18.2 Å². The van der Waals surface area contributed by atoms with Crippen molar-refractivity contribution < 1.29 is 17.9 Å². The van der Waals surface area contributed by atoms with E-state index in [0.29, 0.717) is 22.9 Å². The van der Waals surface area contributed by atoms with Crippen LogP contribution in [0.25, 0.3) is 11.1 Å². The lowest BCUT2D eigenvalue weighted by Gasteiger charge is -2.26. The number of aromatic nitrogens is 4. The van der Waals surface area contributed by atoms with Crippen molar-refractivity contribution in [1.82, 2.24) is 20.2 Å². The van der Waals surface area contributed by atoms with Gasteiger partial charge in [0.2, 0.25) is 5.95 Å². The summed E-state index contributed by atoms with van der Waals surface area (Å²) in [7, 11) is 0. The number of piperidine rings is 1. The van der Waals surface area contributed by atoms with Gasteiger partial charge in [0, 0.05) is 18.7 Å². The van der Waals surface area contributed by atoms with Gasteiger partial charge in [0.15, 0.2) is 17.5 Å². The predicted octanol–water partition coefficient (Wildman–Crippen LogP) is 4.41. The summed E-state index contributed by atoms with van der Waals surface area (Å²) in [4.78, 5) is 10.4. The fourth-order valence-electron chi connectivity index (χ4n) is 3.23. The molecule has 1 saturated heterocycles. The second-order valence-corrected chi connectivity index (χ2v) is 6.77. The van der Waals surface area contributed by atoms with E-state index in [2.05, 4.69) is 30.2 Å². The van der Waals surface area contributed by atoms with E-state index in [9.17, 15) is 13.2 Å². The van der Waals surface area contributed by atoms with Crippen molar-refractivity contribution in [2.24, 2.45) is 0 Å². The van der Waals surface area contributed by atoms with Crippen molar-refractivity contribution in [1.29, 1.82) is 0 Å². The average Bonchev–Trinajstić information content (AvgIpc) is 2.76. The van der Waals surface area contributed by atoms with E-state index in [0.717, 1.165) is 32.1 Å². The first-order valence-electron chi connectivity index (χ1n) is 9.51. The number of benzene rings is 1. The van der Waals surface area contributed by atoms with Crippen LogP contribution in [0.15, 0.2) is 42.7 Å². The molecule has 3 aromatic rings. The van der Waals surface area contributed by atoms with Crippen LogP contribution in [-0.4, -0.2) is 39.9 Å². The largest absolute Gasteiger partial charge is 0.435 e. The highest BCUT2D eigenvalue weighted by Crippen LogP contribution is 2.26. The van der Waals surface area contributed by atoms with Gasteiger partial charge in [-0.25, -0.2) is 9.37 Å². The van der Waals surface area contributed by atoms with Crippen molar-refractivity contribution in [3.63, 3.8) is 0 Å². The van der Waals surface area contributed by atoms with Crippen LogP contribution >= 0.6 is 0 Å². The summed E-state index contributed by atoms with van der Waals surface area (Å²) in [6, 6.07) is 7.78. The first-order valence-corrected chi connectivity index (χ1v) is 9.51. The normalized spacial score (nSPS) is 14.1. The fourth-order valence-corrected chi connectivity index (χ4v) is 3.23. The summed E-state index contributed by atoms with van der Waals surface area (Å²) in [5, 5.41) is 10.8. The molecule has 7 nitrogen and oxygen atoms in total. The number of alkyl halides is 2. The molecule has 0 amide bonds. The molecule has 0 atom stereocenters. The Morgan fingerprint density at radius 3 is 2.50 bits per heavy atom. The Hall–Kier alpha value is -3.43. The van der Waals surface area contributed by atoms with Crippen molar-refractivity contribution >= 4 is 17.6 Å². The molecule has 4 rings (SSSR count). The number of ether oxygens (including phenoxy) is 1. The molecular weight excluding hydrogens is 397 g/mol. The van der Waals surface area contributed by atoms with E-state index in [4.69, 9.17) is 0 Å². The van der Waals surface area contributed by atoms with Crippen molar-refractivity contribution in [3.05, 3.63) is 48.5 Å². The molecule has 1 aromatic carbocycles. The predicted molar refractivity (Wildman–Crippen MR) is 105 cm³/mol. The van der Waals surface area contributed by atoms with Gasteiger partial charge in [-0.2, -0.15) is 18.9 Å². The summed E-state index contributed by atoms with van der Waals surface area (Å²) in [6.07, 6.45) is 5.93. The van der Waals surface area contributed by atoms with Crippen LogP contribution in [0.5, 0.6) is 5.75 Å². The lowest BCUT2D eigenvalue weighted by Crippen LogP contribution is -2.31. The highest BCUT2D eigenvalue weighted by Gasteiger charge is 2.16. The van der Waals surface area contributed by atoms with Gasteiger partial charge in [0.1, 0.15) is 5.75 Å². The topological polar surface area (TPSA) is 76.1 Å². The first-order chi connectivity index (χ1) is 14.6. The standard InChI is InChI=1S/C20H19F3N6O/c21-16-12-24-20(29-8-2-1-3-9-29)27-18(16)26-17-10-14(11-25-28-17)13-4-6-15(7-5-13)30-19(22)23/h4-7,10-12,19H,1-3,8-9H2,(H,24,26,27,28). The highest BCUT2D eigenvalue weighted by atomic mass is 19.3. The van der Waals surface area contributed by atoms with Crippen LogP contribution in [0, 0.1) is 5.82 Å². The maximum absolute atomic E-state index is 14.3. The summed E-state index contributed by atoms with van der Waals surface area (Å²) in [6.45, 7) is -1.20. The maximum Gasteiger partial charge on any atom is 0.387 e. The highest BCUT2D eigenvalue weighted by molar-refractivity contribution is 5.67. The third-order valence-electron chi connectivity index (χ3n) is 4.68. The Morgan fingerprint density at radius 2 is 1.77 bits per heavy atom. The number of rotatable bonds is 6. The minimum Gasteiger partial charge on any atom is -0.435 e. The van der Waals surface area contributed by atoms with Crippen LogP contribution in [0.2, 0.25) is 0 Å². The molecule has 156 valence electrons. The molecule has 0 unspecified atom stereocenters. The summed E-state index contributed by atoms with van der Waals surface area (Å²) in [5.41, 5.74) is 1.38. The second kappa shape index (κ2) is 8.93. The minimum absolute atomic E-state index is 0.0118. The Bertz CT molecular complexity index is 996. The third-order valence-corrected chi connectivity index (χ3v) is 4.68. The minimum atomic E-state index is -2.88. The molecule has 1 aliphatic heterocycles. The SMILES string of the molecule is Fc1cnc(N2CCCCC2)nc1Nc1cc(-c2ccc(OC(F)F)cc2)cnn1. The number of hydrogen-bond donors (Lipinski definition) is 1. The van der Waals surface area contributed by atoms with E-state index in [-0.39, 0.29) is 11.6 Å². The van der Waals surface area contributed by atoms with Crippen molar-refractivity contribution in [2.75, 3.05) is 23.3 Å². The molecule has 10 heteroatoms. The van der Waals surface area contributed by atoms with Gasteiger partial charge < -0.3 is 15.0 Å². The molecule has 0 bridgehead atoms. The van der Waals surface area contributed by atoms with Gasteiger partial charge in [-0.1, -0.05) is 12.1 Å². The van der Waals surface area contributed by atoms with E-state index >= 15 is 0 Å². The average molecular weight is 416 g/mol. The monoisotopic (exact) mass is 416 g/mol. The van der Waals surface area contributed by atoms with Gasteiger partial charge in [-0.05, 0) is 43.0 Å². The molecule has 3 heterocycles. The molecule has 0 spiro atoms. The molecule has 30 heavy (non-hydrogen) atoms. The smallest absolute Gasteiger partial charge is 0.387 e. The van der Waals surface area contributed by atoms with Crippen molar-refractivity contribution in [3.8, 4) is 16.9 Å². The van der Waals surface area contributed by atoms with Crippen LogP contribution in [0.4, 0.5) is 30.8 Å². The van der Waals surface area contributed by atoms with Crippen molar-refractivity contribution in [2.45, 2.75) is 25.9 Å². The number of hydrogen-bond acceptors (Lipinski definition) is 7. The van der Waals surface area contributed by atoms with Crippen LogP contribution in [0.3, 0.4) is 0 Å². The van der Waals surface area contributed by atoms with Crippen LogP contribution in [0.1, 0.15) is 19.3 Å². The zero-order valence-corrected chi connectivity index (χ0v) is 15.9. The molecule has 0 saturated carbocycles. The van der Waals surface area contributed by atoms with Gasteiger partial charge in [0.25, 0.3) is 0 Å². The third kappa shape index (κ3) is 4.76. The van der Waals surface area contributed by atoms with Gasteiger partial charge in [-0.15, -0.1) is 5.10 Å². The Balaban J connectivity index is 1.53. The number of nitrogens with one attached hydrogen (secondary N) is 1. The van der Waals surface area contributed by atoms with E-state index in [1.165, 1.54) is 24.8 Å². The van der Waals surface area contributed by atoms with Gasteiger partial charge in [-0.3, -0.25) is 0 Å². The fraction of sp³-hybridized carbons (Fsp3) is 0.300. The Morgan fingerprint density at radius 1 is 1.00 bits per heavy atom. The molecule has 1 fully saturated rings. The number of halogens is 3. The quantitative estimate of drug-likeness (QED) is 0.638. The molecule has 0 aliphatic carbocycles. The molecule has 1 N–H and O–H groups in total. The number of nitrogens with zero attached hydrogens (tertiary/aromatic N) is 5. The second-order valence-electron chi connectivity index (χ2n) is 6.77. The molecule has 1 aliphatic rings. The van der Waals surface area contributed by atoms with E-state index < -0.39 is 12.4 Å². The summed E-state index contributed by atoms with van der Waals surface area (Å²) >= 11 is 0. The molecule has 2 aromatic heterocycles.